The van der Waals surface area contributed by atoms with E-state index in [4.69, 9.17) is 5.73 Å². The summed E-state index contributed by atoms with van der Waals surface area (Å²) in [6.45, 7) is 2.17. The molecule has 0 unspecified atom stereocenters. The summed E-state index contributed by atoms with van der Waals surface area (Å²) in [5.74, 6) is 0.471. The summed E-state index contributed by atoms with van der Waals surface area (Å²) in [4.78, 5) is 27.3. The number of nitrogens with one attached hydrogen (secondary N) is 1. The Kier molecular flexibility index (Phi) is 3.61. The number of imide groups is 1. The van der Waals surface area contributed by atoms with Crippen molar-refractivity contribution in [1.29, 1.82) is 0 Å². The highest BCUT2D eigenvalue weighted by molar-refractivity contribution is 6.01. The summed E-state index contributed by atoms with van der Waals surface area (Å²) in [6.07, 6.45) is 1.57. The molecule has 0 radical (unpaired) electrons. The summed E-state index contributed by atoms with van der Waals surface area (Å²) in [6, 6.07) is 3.70. The molecule has 0 bridgehead atoms. The Balaban J connectivity index is 2.80. The zero-order valence-electron chi connectivity index (χ0n) is 8.30. The number of hydrogen-bond donors (Lipinski definition) is 2. The molecule has 4 amide bonds. The van der Waals surface area contributed by atoms with Crippen LogP contribution >= 0.6 is 0 Å². The van der Waals surface area contributed by atoms with Gasteiger partial charge < -0.3 is 5.73 Å². The Morgan fingerprint density at radius 3 is 2.73 bits per heavy atom. The van der Waals surface area contributed by atoms with Crippen LogP contribution in [0.4, 0.5) is 15.4 Å². The maximum absolute atomic E-state index is 11.5. The molecule has 0 aliphatic carbocycles. The molecule has 1 rings (SSSR count). The fraction of sp³-hybridized carbons (Fsp3) is 0.222. The van der Waals surface area contributed by atoms with Gasteiger partial charge in [0.25, 0.3) is 0 Å². The van der Waals surface area contributed by atoms with Gasteiger partial charge >= 0.3 is 12.1 Å². The molecule has 0 spiro atoms. The van der Waals surface area contributed by atoms with Gasteiger partial charge in [-0.25, -0.2) is 14.6 Å². The van der Waals surface area contributed by atoms with Crippen molar-refractivity contribution >= 4 is 17.9 Å². The Bertz CT molecular complexity index is 352. The van der Waals surface area contributed by atoms with Crippen LogP contribution in [0.3, 0.4) is 0 Å². The lowest BCUT2D eigenvalue weighted by Crippen LogP contribution is -2.45. The summed E-state index contributed by atoms with van der Waals surface area (Å²) >= 11 is 0. The molecule has 0 fully saturated rings. The zero-order valence-corrected chi connectivity index (χ0v) is 8.30. The number of rotatable bonds is 2. The minimum atomic E-state index is -0.880. The van der Waals surface area contributed by atoms with Crippen molar-refractivity contribution in [3.63, 3.8) is 0 Å². The number of urea groups is 2. The molecule has 0 saturated carbocycles. The van der Waals surface area contributed by atoms with Crippen LogP contribution in [0.2, 0.25) is 0 Å². The van der Waals surface area contributed by atoms with E-state index in [-0.39, 0.29) is 0 Å². The van der Waals surface area contributed by atoms with Gasteiger partial charge in [0.05, 0.1) is 0 Å². The van der Waals surface area contributed by atoms with E-state index in [1.54, 1.807) is 31.3 Å². The van der Waals surface area contributed by atoms with E-state index in [1.165, 1.54) is 4.90 Å². The first kappa shape index (κ1) is 11.0. The number of anilines is 1. The largest absolute Gasteiger partial charge is 0.351 e. The van der Waals surface area contributed by atoms with Gasteiger partial charge in [-0.1, -0.05) is 6.07 Å². The number of amides is 4. The molecule has 1 heterocycles. The lowest BCUT2D eigenvalue weighted by Gasteiger charge is -2.18. The molecule has 0 aliphatic rings. The third-order valence-electron chi connectivity index (χ3n) is 1.72. The number of carbonyl (C=O) groups is 2. The molecule has 1 aromatic heterocycles. The number of carbonyl (C=O) groups excluding carboxylic acids is 2. The van der Waals surface area contributed by atoms with Crippen molar-refractivity contribution in [2.45, 2.75) is 6.92 Å². The van der Waals surface area contributed by atoms with Crippen LogP contribution in [0, 0.1) is 0 Å². The maximum Gasteiger partial charge on any atom is 0.331 e. The fourth-order valence-electron chi connectivity index (χ4n) is 1.10. The number of pyridine rings is 1. The normalized spacial score (nSPS) is 9.40. The smallest absolute Gasteiger partial charge is 0.331 e. The Morgan fingerprint density at radius 1 is 1.53 bits per heavy atom. The van der Waals surface area contributed by atoms with Gasteiger partial charge in [0, 0.05) is 12.7 Å². The van der Waals surface area contributed by atoms with E-state index in [0.717, 1.165) is 0 Å². The van der Waals surface area contributed by atoms with Crippen LogP contribution in [0.25, 0.3) is 0 Å². The average molecular weight is 208 g/mol. The highest BCUT2D eigenvalue weighted by atomic mass is 16.2. The van der Waals surface area contributed by atoms with Crippen molar-refractivity contribution < 1.29 is 9.59 Å². The predicted molar refractivity (Wildman–Crippen MR) is 55.4 cm³/mol. The monoisotopic (exact) mass is 208 g/mol. The maximum atomic E-state index is 11.5. The molecule has 6 heteroatoms. The molecule has 1 aromatic rings. The second-order valence-electron chi connectivity index (χ2n) is 2.73. The molecule has 0 aromatic carbocycles. The van der Waals surface area contributed by atoms with Crippen molar-refractivity contribution in [3.8, 4) is 0 Å². The van der Waals surface area contributed by atoms with Crippen molar-refractivity contribution in [3.05, 3.63) is 24.4 Å². The van der Waals surface area contributed by atoms with Crippen LogP contribution in [0.1, 0.15) is 6.92 Å². The SMILES string of the molecule is CCN(C(=O)NC(N)=O)c1ccccn1. The van der Waals surface area contributed by atoms with Crippen LogP contribution in [0.5, 0.6) is 0 Å². The second-order valence-corrected chi connectivity index (χ2v) is 2.73. The van der Waals surface area contributed by atoms with E-state index in [1.807, 2.05) is 5.32 Å². The zero-order chi connectivity index (χ0) is 11.3. The van der Waals surface area contributed by atoms with Crippen LogP contribution in [0.15, 0.2) is 24.4 Å². The molecular formula is C9H12N4O2. The standard InChI is InChI=1S/C9H12N4O2/c1-2-13(9(15)12-8(10)14)7-5-3-4-6-11-7/h3-6H,2H2,1H3,(H3,10,12,14,15). The molecule has 15 heavy (non-hydrogen) atoms. The molecule has 6 nitrogen and oxygen atoms in total. The topological polar surface area (TPSA) is 88.3 Å². The minimum Gasteiger partial charge on any atom is -0.351 e. The van der Waals surface area contributed by atoms with Crippen LogP contribution < -0.4 is 16.0 Å². The third-order valence-corrected chi connectivity index (χ3v) is 1.72. The molecule has 0 atom stereocenters. The van der Waals surface area contributed by atoms with Gasteiger partial charge in [-0.15, -0.1) is 0 Å². The Morgan fingerprint density at radius 2 is 2.27 bits per heavy atom. The van der Waals surface area contributed by atoms with E-state index < -0.39 is 12.1 Å². The molecule has 0 aliphatic heterocycles. The first-order valence-electron chi connectivity index (χ1n) is 4.44. The molecular weight excluding hydrogens is 196 g/mol. The quantitative estimate of drug-likeness (QED) is 0.749. The number of hydrogen-bond acceptors (Lipinski definition) is 3. The number of primary amides is 1. The minimum absolute atomic E-state index is 0.399. The highest BCUT2D eigenvalue weighted by Gasteiger charge is 2.15. The van der Waals surface area contributed by atoms with Crippen LogP contribution in [-0.4, -0.2) is 23.6 Å². The molecule has 80 valence electrons. The third kappa shape index (κ3) is 2.94. The molecule has 3 N–H and O–H groups in total. The van der Waals surface area contributed by atoms with E-state index in [2.05, 4.69) is 4.98 Å². The predicted octanol–water partition coefficient (Wildman–Crippen LogP) is 0.696. The fourth-order valence-corrected chi connectivity index (χ4v) is 1.10. The number of nitrogens with two attached hydrogens (primary N) is 1. The van der Waals surface area contributed by atoms with Crippen molar-refractivity contribution in [2.75, 3.05) is 11.4 Å². The lowest BCUT2D eigenvalue weighted by molar-refractivity contribution is 0.235. The Labute approximate surface area is 87.1 Å². The lowest BCUT2D eigenvalue weighted by atomic mass is 10.4. The first-order chi connectivity index (χ1) is 7.15. The summed E-state index contributed by atoms with van der Waals surface area (Å²) < 4.78 is 0. The first-order valence-corrected chi connectivity index (χ1v) is 4.44. The molecule has 0 saturated heterocycles. The highest BCUT2D eigenvalue weighted by Crippen LogP contribution is 2.08. The van der Waals surface area contributed by atoms with Crippen molar-refractivity contribution in [1.82, 2.24) is 10.3 Å². The summed E-state index contributed by atoms with van der Waals surface area (Å²) in [5.41, 5.74) is 4.85. The second kappa shape index (κ2) is 4.94. The average Bonchev–Trinajstić information content (AvgIpc) is 2.19. The van der Waals surface area contributed by atoms with Gasteiger partial charge in [0.1, 0.15) is 5.82 Å². The van der Waals surface area contributed by atoms with Gasteiger partial charge in [-0.3, -0.25) is 10.2 Å². The van der Waals surface area contributed by atoms with Gasteiger partial charge in [-0.2, -0.15) is 0 Å². The summed E-state index contributed by atoms with van der Waals surface area (Å²) in [5, 5.41) is 1.98. The van der Waals surface area contributed by atoms with Crippen molar-refractivity contribution in [2.24, 2.45) is 5.73 Å². The summed E-state index contributed by atoms with van der Waals surface area (Å²) in [7, 11) is 0. The van der Waals surface area contributed by atoms with Gasteiger partial charge in [0.15, 0.2) is 0 Å². The van der Waals surface area contributed by atoms with E-state index in [9.17, 15) is 9.59 Å². The van der Waals surface area contributed by atoms with Gasteiger partial charge in [0.2, 0.25) is 0 Å². The van der Waals surface area contributed by atoms with E-state index >= 15 is 0 Å². The van der Waals surface area contributed by atoms with Gasteiger partial charge in [-0.05, 0) is 19.1 Å². The number of aromatic nitrogens is 1. The van der Waals surface area contributed by atoms with E-state index in [0.29, 0.717) is 12.4 Å². The van der Waals surface area contributed by atoms with Crippen LogP contribution in [-0.2, 0) is 0 Å². The number of nitrogens with zero attached hydrogens (tertiary/aromatic N) is 2. The Hall–Kier alpha value is -2.11.